The molecule has 0 fully saturated rings. The molecule has 1 aliphatic heterocycles. The molecule has 0 saturated heterocycles. The molecule has 2 nitrogen and oxygen atoms in total. The van der Waals surface area contributed by atoms with Crippen molar-refractivity contribution in [3.63, 3.8) is 0 Å². The summed E-state index contributed by atoms with van der Waals surface area (Å²) in [5, 5.41) is 0. The van der Waals surface area contributed by atoms with Crippen molar-refractivity contribution in [2.45, 2.75) is 57.9 Å². The Morgan fingerprint density at radius 1 is 0.867 bits per heavy atom. The molecule has 0 N–H and O–H groups in total. The molecule has 2 heteroatoms. The average Bonchev–Trinajstić information content (AvgIpc) is 2.80. The van der Waals surface area contributed by atoms with Crippen LogP contribution in [0.15, 0.2) is 85.5 Å². The van der Waals surface area contributed by atoms with Crippen LogP contribution in [0.25, 0.3) is 0 Å². The standard InChI is InChI=1S/C28H35NO/c1-2-3-4-5-6-7-8-9-10-11-12-14-17-25-20-21-26-23-29(24-30-28(26)22-25)27-18-15-13-16-19-27/h2,4-5,7-8,13,15-16,18-22H,1,3,6,9-12,14,17,23-24H2/b5-4+,8-7+. The molecule has 3 rings (SSSR count). The third kappa shape index (κ3) is 7.26. The highest BCUT2D eigenvalue weighted by atomic mass is 16.5. The lowest BCUT2D eigenvalue weighted by molar-refractivity contribution is 0.289. The monoisotopic (exact) mass is 401 g/mol. The van der Waals surface area contributed by atoms with Gasteiger partial charge in [-0.15, -0.1) is 6.58 Å². The summed E-state index contributed by atoms with van der Waals surface area (Å²) in [7, 11) is 0. The lowest BCUT2D eigenvalue weighted by Crippen LogP contribution is -2.31. The van der Waals surface area contributed by atoms with Gasteiger partial charge in [-0.2, -0.15) is 0 Å². The maximum atomic E-state index is 6.05. The van der Waals surface area contributed by atoms with Gasteiger partial charge in [-0.25, -0.2) is 0 Å². The maximum absolute atomic E-state index is 6.05. The Morgan fingerprint density at radius 3 is 2.53 bits per heavy atom. The number of fused-ring (bicyclic) bond motifs is 1. The minimum Gasteiger partial charge on any atom is -0.473 e. The molecule has 0 aliphatic carbocycles. The Labute approximate surface area is 182 Å². The SMILES string of the molecule is C=CC/C=C/C/C=C/CCCCCCc1ccc2c(c1)OCN(c1ccccc1)C2. The molecule has 158 valence electrons. The Kier molecular flexibility index (Phi) is 9.33. The summed E-state index contributed by atoms with van der Waals surface area (Å²) in [6.07, 6.45) is 20.4. The zero-order valence-electron chi connectivity index (χ0n) is 18.1. The first-order valence-corrected chi connectivity index (χ1v) is 11.3. The van der Waals surface area contributed by atoms with E-state index in [0.29, 0.717) is 6.73 Å². The quantitative estimate of drug-likeness (QED) is 0.268. The first-order valence-electron chi connectivity index (χ1n) is 11.3. The molecule has 1 aliphatic rings. The number of aryl methyl sites for hydroxylation is 1. The molecular weight excluding hydrogens is 366 g/mol. The summed E-state index contributed by atoms with van der Waals surface area (Å²) in [4.78, 5) is 2.27. The van der Waals surface area contributed by atoms with E-state index in [0.717, 1.165) is 31.6 Å². The summed E-state index contributed by atoms with van der Waals surface area (Å²) in [6, 6.07) is 17.3. The Balaban J connectivity index is 1.32. The van der Waals surface area contributed by atoms with Crippen molar-refractivity contribution in [1.82, 2.24) is 0 Å². The molecule has 0 atom stereocenters. The van der Waals surface area contributed by atoms with E-state index < -0.39 is 0 Å². The normalized spacial score (nSPS) is 13.5. The van der Waals surface area contributed by atoms with Crippen LogP contribution in [0.5, 0.6) is 5.75 Å². The fourth-order valence-electron chi connectivity index (χ4n) is 3.75. The predicted octanol–water partition coefficient (Wildman–Crippen LogP) is 7.61. The zero-order valence-corrected chi connectivity index (χ0v) is 18.1. The molecule has 2 aromatic rings. The molecule has 2 aromatic carbocycles. The van der Waals surface area contributed by atoms with Gasteiger partial charge in [0.25, 0.3) is 0 Å². The first-order chi connectivity index (χ1) is 14.9. The van der Waals surface area contributed by atoms with Crippen LogP contribution >= 0.6 is 0 Å². The topological polar surface area (TPSA) is 12.5 Å². The van der Waals surface area contributed by atoms with Gasteiger partial charge in [-0.3, -0.25) is 0 Å². The van der Waals surface area contributed by atoms with Crippen molar-refractivity contribution in [2.75, 3.05) is 11.6 Å². The van der Waals surface area contributed by atoms with Crippen LogP contribution in [0.1, 0.15) is 56.1 Å². The van der Waals surface area contributed by atoms with Gasteiger partial charge in [0, 0.05) is 17.8 Å². The van der Waals surface area contributed by atoms with Gasteiger partial charge >= 0.3 is 0 Å². The van der Waals surface area contributed by atoms with Gasteiger partial charge in [-0.05, 0) is 62.3 Å². The van der Waals surface area contributed by atoms with Gasteiger partial charge in [-0.1, -0.05) is 73.6 Å². The molecule has 30 heavy (non-hydrogen) atoms. The number of para-hydroxylation sites is 1. The highest BCUT2D eigenvalue weighted by Gasteiger charge is 2.17. The number of unbranched alkanes of at least 4 members (excludes halogenated alkanes) is 4. The van der Waals surface area contributed by atoms with Crippen molar-refractivity contribution >= 4 is 5.69 Å². The van der Waals surface area contributed by atoms with E-state index >= 15 is 0 Å². The van der Waals surface area contributed by atoms with E-state index in [4.69, 9.17) is 4.74 Å². The van der Waals surface area contributed by atoms with Crippen molar-refractivity contribution in [1.29, 1.82) is 0 Å². The number of hydrogen-bond acceptors (Lipinski definition) is 2. The lowest BCUT2D eigenvalue weighted by atomic mass is 10.0. The Morgan fingerprint density at radius 2 is 1.67 bits per heavy atom. The van der Waals surface area contributed by atoms with Gasteiger partial charge < -0.3 is 9.64 Å². The third-order valence-electron chi connectivity index (χ3n) is 5.48. The number of rotatable bonds is 12. The zero-order chi connectivity index (χ0) is 20.9. The molecule has 0 radical (unpaired) electrons. The minimum atomic E-state index is 0.623. The second-order valence-corrected chi connectivity index (χ2v) is 7.90. The van der Waals surface area contributed by atoms with E-state index in [1.54, 1.807) is 0 Å². The second kappa shape index (κ2) is 12.7. The van der Waals surface area contributed by atoms with Crippen LogP contribution < -0.4 is 9.64 Å². The third-order valence-corrected chi connectivity index (χ3v) is 5.48. The Hall–Kier alpha value is -2.74. The predicted molar refractivity (Wildman–Crippen MR) is 129 cm³/mol. The summed E-state index contributed by atoms with van der Waals surface area (Å²) < 4.78 is 6.05. The maximum Gasteiger partial charge on any atom is 0.161 e. The molecular formula is C28H35NO. The fraction of sp³-hybridized carbons (Fsp3) is 0.357. The number of benzene rings is 2. The number of hydrogen-bond donors (Lipinski definition) is 0. The summed E-state index contributed by atoms with van der Waals surface area (Å²) in [5.74, 6) is 1.06. The summed E-state index contributed by atoms with van der Waals surface area (Å²) in [5.41, 5.74) is 3.89. The molecule has 0 saturated carbocycles. The lowest BCUT2D eigenvalue weighted by Gasteiger charge is -2.31. The van der Waals surface area contributed by atoms with Crippen molar-refractivity contribution < 1.29 is 4.74 Å². The van der Waals surface area contributed by atoms with E-state index in [1.165, 1.54) is 48.9 Å². The highest BCUT2D eigenvalue weighted by molar-refractivity contribution is 5.50. The Bertz CT molecular complexity index is 822. The van der Waals surface area contributed by atoms with Crippen LogP contribution in [0.2, 0.25) is 0 Å². The fourth-order valence-corrected chi connectivity index (χ4v) is 3.75. The van der Waals surface area contributed by atoms with Crippen LogP contribution in [-0.4, -0.2) is 6.73 Å². The van der Waals surface area contributed by atoms with Crippen LogP contribution in [0.3, 0.4) is 0 Å². The second-order valence-electron chi connectivity index (χ2n) is 7.90. The largest absolute Gasteiger partial charge is 0.473 e. The van der Waals surface area contributed by atoms with Gasteiger partial charge in [0.05, 0.1) is 0 Å². The minimum absolute atomic E-state index is 0.623. The van der Waals surface area contributed by atoms with Gasteiger partial charge in [0.15, 0.2) is 6.73 Å². The molecule has 0 unspecified atom stereocenters. The smallest absolute Gasteiger partial charge is 0.161 e. The summed E-state index contributed by atoms with van der Waals surface area (Å²) in [6.45, 7) is 5.25. The van der Waals surface area contributed by atoms with Crippen molar-refractivity contribution in [3.05, 3.63) is 96.6 Å². The van der Waals surface area contributed by atoms with Crippen molar-refractivity contribution in [3.8, 4) is 5.75 Å². The van der Waals surface area contributed by atoms with Crippen molar-refractivity contribution in [2.24, 2.45) is 0 Å². The first kappa shape index (κ1) is 22.0. The number of anilines is 1. The molecule has 0 bridgehead atoms. The number of allylic oxidation sites excluding steroid dienone is 5. The molecule has 1 heterocycles. The van der Waals surface area contributed by atoms with E-state index in [1.807, 2.05) is 6.08 Å². The number of nitrogens with zero attached hydrogens (tertiary/aromatic N) is 1. The highest BCUT2D eigenvalue weighted by Crippen LogP contribution is 2.29. The van der Waals surface area contributed by atoms with E-state index in [-0.39, 0.29) is 0 Å². The van der Waals surface area contributed by atoms with E-state index in [9.17, 15) is 0 Å². The molecule has 0 spiro atoms. The van der Waals surface area contributed by atoms with Gasteiger partial charge in [0.1, 0.15) is 5.75 Å². The van der Waals surface area contributed by atoms with Gasteiger partial charge in [0.2, 0.25) is 0 Å². The van der Waals surface area contributed by atoms with Crippen LogP contribution in [-0.2, 0) is 13.0 Å². The summed E-state index contributed by atoms with van der Waals surface area (Å²) >= 11 is 0. The van der Waals surface area contributed by atoms with Crippen LogP contribution in [0, 0.1) is 0 Å². The van der Waals surface area contributed by atoms with E-state index in [2.05, 4.69) is 84.3 Å². The number of ether oxygens (including phenoxy) is 1. The average molecular weight is 402 g/mol. The van der Waals surface area contributed by atoms with Crippen LogP contribution in [0.4, 0.5) is 5.69 Å². The molecule has 0 amide bonds. The molecule has 0 aromatic heterocycles.